The van der Waals surface area contributed by atoms with E-state index >= 15 is 0 Å². The number of benzene rings is 2. The van der Waals surface area contributed by atoms with Crippen molar-refractivity contribution in [2.75, 3.05) is 6.61 Å². The first-order valence-corrected chi connectivity index (χ1v) is 10.00. The zero-order valence-corrected chi connectivity index (χ0v) is 17.1. The molecular formula is C25H22N2O4. The van der Waals surface area contributed by atoms with E-state index in [0.29, 0.717) is 12.2 Å². The summed E-state index contributed by atoms with van der Waals surface area (Å²) in [4.78, 5) is 24.9. The first-order valence-electron chi connectivity index (χ1n) is 10.00. The summed E-state index contributed by atoms with van der Waals surface area (Å²) in [6, 6.07) is 20.6. The van der Waals surface area contributed by atoms with Crippen LogP contribution in [0.4, 0.5) is 0 Å². The van der Waals surface area contributed by atoms with Gasteiger partial charge < -0.3 is 9.15 Å². The number of rotatable bonds is 6. The SMILES string of the molecule is Cc1ccc(C2=NN(C(=O)COC(=O)/C=C/c3ccccc3)[C@H](c3ccco3)C2)cc1. The van der Waals surface area contributed by atoms with Crippen LogP contribution in [0.2, 0.25) is 0 Å². The van der Waals surface area contributed by atoms with Crippen LogP contribution in [0.15, 0.2) is 88.6 Å². The zero-order chi connectivity index (χ0) is 21.6. The molecule has 156 valence electrons. The van der Waals surface area contributed by atoms with Crippen LogP contribution in [0.5, 0.6) is 0 Å². The van der Waals surface area contributed by atoms with Crippen molar-refractivity contribution in [2.24, 2.45) is 5.10 Å². The maximum absolute atomic E-state index is 12.8. The minimum absolute atomic E-state index is 0.377. The second kappa shape index (κ2) is 9.26. The minimum atomic E-state index is -0.589. The van der Waals surface area contributed by atoms with Gasteiger partial charge in [-0.25, -0.2) is 9.80 Å². The topological polar surface area (TPSA) is 72.1 Å². The molecule has 6 nitrogen and oxygen atoms in total. The molecular weight excluding hydrogens is 392 g/mol. The van der Waals surface area contributed by atoms with Crippen LogP contribution in [0.3, 0.4) is 0 Å². The molecule has 1 aliphatic heterocycles. The van der Waals surface area contributed by atoms with Crippen LogP contribution in [0.1, 0.15) is 34.9 Å². The number of hydrogen-bond acceptors (Lipinski definition) is 5. The molecule has 3 aromatic rings. The van der Waals surface area contributed by atoms with Gasteiger partial charge in [0.1, 0.15) is 11.8 Å². The largest absolute Gasteiger partial charge is 0.467 e. The molecule has 0 spiro atoms. The van der Waals surface area contributed by atoms with Crippen LogP contribution in [0, 0.1) is 6.92 Å². The van der Waals surface area contributed by atoms with Gasteiger partial charge in [0.2, 0.25) is 0 Å². The molecule has 0 saturated carbocycles. The molecule has 2 heterocycles. The zero-order valence-electron chi connectivity index (χ0n) is 17.1. The molecule has 1 amide bonds. The van der Waals surface area contributed by atoms with E-state index < -0.39 is 18.5 Å². The standard InChI is InChI=1S/C25H22N2O4/c1-18-9-12-20(13-10-18)21-16-22(23-8-5-15-30-23)27(26-21)24(28)17-31-25(29)14-11-19-6-3-2-4-7-19/h2-15,22H,16-17H2,1H3/b14-11+/t22-/m0/s1. The Balaban J connectivity index is 1.45. The highest BCUT2D eigenvalue weighted by atomic mass is 16.5. The third-order valence-corrected chi connectivity index (χ3v) is 4.97. The molecule has 1 atom stereocenters. The summed E-state index contributed by atoms with van der Waals surface area (Å²) in [5, 5.41) is 5.88. The fraction of sp³-hybridized carbons (Fsp3) is 0.160. The summed E-state index contributed by atoms with van der Waals surface area (Å²) in [5.74, 6) is -0.367. The fourth-order valence-electron chi connectivity index (χ4n) is 3.34. The van der Waals surface area contributed by atoms with E-state index in [2.05, 4.69) is 5.10 Å². The molecule has 0 aliphatic carbocycles. The number of carbonyl (C=O) groups is 2. The van der Waals surface area contributed by atoms with Gasteiger partial charge >= 0.3 is 5.97 Å². The molecule has 0 saturated heterocycles. The van der Waals surface area contributed by atoms with Crippen LogP contribution < -0.4 is 0 Å². The van der Waals surface area contributed by atoms with Crippen molar-refractivity contribution < 1.29 is 18.7 Å². The molecule has 0 radical (unpaired) electrons. The summed E-state index contributed by atoms with van der Waals surface area (Å²) in [5.41, 5.74) is 3.74. The average molecular weight is 414 g/mol. The second-order valence-electron chi connectivity index (χ2n) is 7.24. The molecule has 0 unspecified atom stereocenters. The fourth-order valence-corrected chi connectivity index (χ4v) is 3.34. The van der Waals surface area contributed by atoms with Crippen molar-refractivity contribution >= 4 is 23.7 Å². The number of carbonyl (C=O) groups excluding carboxylic acids is 2. The number of amides is 1. The summed E-state index contributed by atoms with van der Waals surface area (Å²) in [7, 11) is 0. The number of hydrazone groups is 1. The third-order valence-electron chi connectivity index (χ3n) is 4.97. The van der Waals surface area contributed by atoms with Crippen LogP contribution >= 0.6 is 0 Å². The lowest BCUT2D eigenvalue weighted by atomic mass is 10.0. The molecule has 0 N–H and O–H groups in total. The number of hydrogen-bond donors (Lipinski definition) is 0. The Morgan fingerprint density at radius 2 is 1.87 bits per heavy atom. The molecule has 1 aromatic heterocycles. The summed E-state index contributed by atoms with van der Waals surface area (Å²) in [6.07, 6.45) is 5.03. The number of nitrogens with zero attached hydrogens (tertiary/aromatic N) is 2. The Kier molecular flexibility index (Phi) is 6.08. The van der Waals surface area contributed by atoms with Crippen molar-refractivity contribution in [3.05, 3.63) is 102 Å². The van der Waals surface area contributed by atoms with Gasteiger partial charge in [-0.2, -0.15) is 5.10 Å². The van der Waals surface area contributed by atoms with Crippen molar-refractivity contribution in [3.63, 3.8) is 0 Å². The Morgan fingerprint density at radius 1 is 1.10 bits per heavy atom. The van der Waals surface area contributed by atoms with E-state index in [4.69, 9.17) is 9.15 Å². The van der Waals surface area contributed by atoms with E-state index in [-0.39, 0.29) is 6.04 Å². The third kappa shape index (κ3) is 4.98. The van der Waals surface area contributed by atoms with Crippen LogP contribution in [-0.4, -0.2) is 29.2 Å². The highest BCUT2D eigenvalue weighted by Gasteiger charge is 2.35. The van der Waals surface area contributed by atoms with Gasteiger partial charge in [-0.3, -0.25) is 4.79 Å². The van der Waals surface area contributed by atoms with E-state index in [1.54, 1.807) is 18.4 Å². The maximum atomic E-state index is 12.8. The van der Waals surface area contributed by atoms with Gasteiger partial charge in [-0.05, 0) is 36.3 Å². The normalized spacial score (nSPS) is 15.8. The van der Waals surface area contributed by atoms with E-state index in [9.17, 15) is 9.59 Å². The molecule has 31 heavy (non-hydrogen) atoms. The van der Waals surface area contributed by atoms with E-state index in [1.807, 2.05) is 67.6 Å². The minimum Gasteiger partial charge on any atom is -0.467 e. The van der Waals surface area contributed by atoms with E-state index in [1.165, 1.54) is 11.1 Å². The Labute approximate surface area is 180 Å². The lowest BCUT2D eigenvalue weighted by Crippen LogP contribution is -2.31. The van der Waals surface area contributed by atoms with Crippen molar-refractivity contribution in [1.29, 1.82) is 0 Å². The van der Waals surface area contributed by atoms with Gasteiger partial charge in [-0.1, -0.05) is 60.2 Å². The lowest BCUT2D eigenvalue weighted by Gasteiger charge is -2.19. The van der Waals surface area contributed by atoms with E-state index in [0.717, 1.165) is 22.4 Å². The predicted octanol–water partition coefficient (Wildman–Crippen LogP) is 4.52. The van der Waals surface area contributed by atoms with Gasteiger partial charge in [-0.15, -0.1) is 0 Å². The average Bonchev–Trinajstić information content (AvgIpc) is 3.47. The van der Waals surface area contributed by atoms with Gasteiger partial charge in [0, 0.05) is 12.5 Å². The summed E-state index contributed by atoms with van der Waals surface area (Å²) < 4.78 is 10.7. The molecule has 0 fully saturated rings. The monoisotopic (exact) mass is 414 g/mol. The number of esters is 1. The molecule has 4 rings (SSSR count). The molecule has 2 aromatic carbocycles. The predicted molar refractivity (Wildman–Crippen MR) is 117 cm³/mol. The van der Waals surface area contributed by atoms with Crippen LogP contribution in [-0.2, 0) is 14.3 Å². The smallest absolute Gasteiger partial charge is 0.331 e. The lowest BCUT2D eigenvalue weighted by molar-refractivity contribution is -0.149. The number of furan rings is 1. The number of aryl methyl sites for hydroxylation is 1. The summed E-state index contributed by atoms with van der Waals surface area (Å²) in [6.45, 7) is 1.61. The molecule has 0 bridgehead atoms. The first-order chi connectivity index (χ1) is 15.1. The van der Waals surface area contributed by atoms with Gasteiger partial charge in [0.25, 0.3) is 5.91 Å². The van der Waals surface area contributed by atoms with Crippen molar-refractivity contribution in [1.82, 2.24) is 5.01 Å². The van der Waals surface area contributed by atoms with Gasteiger partial charge in [0.15, 0.2) is 6.61 Å². The Hall–Kier alpha value is -3.93. The first kappa shape index (κ1) is 20.3. The Bertz CT molecular complexity index is 1100. The highest BCUT2D eigenvalue weighted by Crippen LogP contribution is 2.33. The molecule has 1 aliphatic rings. The summed E-state index contributed by atoms with van der Waals surface area (Å²) >= 11 is 0. The van der Waals surface area contributed by atoms with Crippen molar-refractivity contribution in [2.45, 2.75) is 19.4 Å². The number of ether oxygens (including phenoxy) is 1. The quantitative estimate of drug-likeness (QED) is 0.439. The van der Waals surface area contributed by atoms with Crippen LogP contribution in [0.25, 0.3) is 6.08 Å². The van der Waals surface area contributed by atoms with Crippen molar-refractivity contribution in [3.8, 4) is 0 Å². The molecule has 6 heteroatoms. The Morgan fingerprint density at radius 3 is 2.58 bits per heavy atom. The highest BCUT2D eigenvalue weighted by molar-refractivity contribution is 6.03. The maximum Gasteiger partial charge on any atom is 0.331 e. The van der Waals surface area contributed by atoms with Gasteiger partial charge in [0.05, 0.1) is 12.0 Å². The second-order valence-corrected chi connectivity index (χ2v) is 7.24.